The van der Waals surface area contributed by atoms with Crippen molar-refractivity contribution in [3.05, 3.63) is 30.2 Å². The van der Waals surface area contributed by atoms with E-state index < -0.39 is 23.7 Å². The molecule has 2 aromatic heterocycles. The quantitative estimate of drug-likeness (QED) is 0.859. The SMILES string of the molecule is CC(C)C(=O)N(C)c1sc(-c2cccnc2)nc1C(F)(F)F. The van der Waals surface area contributed by atoms with Crippen molar-refractivity contribution in [3.8, 4) is 10.6 Å². The van der Waals surface area contributed by atoms with Crippen molar-refractivity contribution in [1.82, 2.24) is 9.97 Å². The fourth-order valence-electron chi connectivity index (χ4n) is 1.82. The zero-order valence-electron chi connectivity index (χ0n) is 12.2. The summed E-state index contributed by atoms with van der Waals surface area (Å²) >= 11 is 0.827. The Labute approximate surface area is 129 Å². The van der Waals surface area contributed by atoms with Crippen LogP contribution in [0.3, 0.4) is 0 Å². The van der Waals surface area contributed by atoms with Gasteiger partial charge in [0.25, 0.3) is 0 Å². The van der Waals surface area contributed by atoms with Gasteiger partial charge in [-0.2, -0.15) is 13.2 Å². The van der Waals surface area contributed by atoms with E-state index in [1.54, 1.807) is 26.0 Å². The van der Waals surface area contributed by atoms with Crippen LogP contribution < -0.4 is 4.90 Å². The van der Waals surface area contributed by atoms with E-state index in [0.717, 1.165) is 16.2 Å². The summed E-state index contributed by atoms with van der Waals surface area (Å²) < 4.78 is 39.6. The third-order valence-electron chi connectivity index (χ3n) is 2.92. The maximum absolute atomic E-state index is 13.2. The summed E-state index contributed by atoms with van der Waals surface area (Å²) in [5.74, 6) is -0.804. The zero-order chi connectivity index (χ0) is 16.5. The number of nitrogens with zero attached hydrogens (tertiary/aromatic N) is 3. The molecule has 2 heterocycles. The van der Waals surface area contributed by atoms with Crippen molar-refractivity contribution in [2.45, 2.75) is 20.0 Å². The number of alkyl halides is 3. The minimum Gasteiger partial charge on any atom is -0.305 e. The Morgan fingerprint density at radius 3 is 2.55 bits per heavy atom. The van der Waals surface area contributed by atoms with E-state index in [1.807, 2.05) is 0 Å². The monoisotopic (exact) mass is 329 g/mol. The van der Waals surface area contributed by atoms with Crippen LogP contribution >= 0.6 is 11.3 Å². The van der Waals surface area contributed by atoms with Crippen LogP contribution in [0.1, 0.15) is 19.5 Å². The predicted octanol–water partition coefficient (Wildman–Crippen LogP) is 3.84. The lowest BCUT2D eigenvalue weighted by Gasteiger charge is -2.19. The highest BCUT2D eigenvalue weighted by atomic mass is 32.1. The van der Waals surface area contributed by atoms with Gasteiger partial charge in [0, 0.05) is 30.9 Å². The van der Waals surface area contributed by atoms with E-state index in [0.29, 0.717) is 5.56 Å². The van der Waals surface area contributed by atoms with E-state index in [1.165, 1.54) is 19.4 Å². The molecule has 4 nitrogen and oxygen atoms in total. The van der Waals surface area contributed by atoms with E-state index in [4.69, 9.17) is 0 Å². The second kappa shape index (κ2) is 6.04. The maximum atomic E-state index is 13.2. The number of pyridine rings is 1. The van der Waals surface area contributed by atoms with Gasteiger partial charge in [-0.1, -0.05) is 25.2 Å². The molecule has 0 unspecified atom stereocenters. The van der Waals surface area contributed by atoms with Crippen LogP contribution in [0.25, 0.3) is 10.6 Å². The Morgan fingerprint density at radius 2 is 2.05 bits per heavy atom. The van der Waals surface area contributed by atoms with E-state index in [-0.39, 0.29) is 10.0 Å². The number of thiazole rings is 1. The van der Waals surface area contributed by atoms with Crippen LogP contribution in [0, 0.1) is 5.92 Å². The number of anilines is 1. The number of carbonyl (C=O) groups excluding carboxylic acids is 1. The van der Waals surface area contributed by atoms with Gasteiger partial charge in [-0.3, -0.25) is 9.78 Å². The van der Waals surface area contributed by atoms with Gasteiger partial charge in [0.1, 0.15) is 10.0 Å². The summed E-state index contributed by atoms with van der Waals surface area (Å²) in [7, 11) is 1.33. The Hall–Kier alpha value is -1.96. The molecule has 0 saturated heterocycles. The molecule has 0 spiro atoms. The molecule has 0 aliphatic carbocycles. The lowest BCUT2D eigenvalue weighted by atomic mass is 10.2. The summed E-state index contributed by atoms with van der Waals surface area (Å²) in [4.78, 5) is 20.6. The number of hydrogen-bond donors (Lipinski definition) is 0. The first kappa shape index (κ1) is 16.4. The molecule has 1 amide bonds. The van der Waals surface area contributed by atoms with Gasteiger partial charge in [0.05, 0.1) is 0 Å². The first-order chi connectivity index (χ1) is 10.2. The average Bonchev–Trinajstić information content (AvgIpc) is 2.91. The molecule has 0 saturated carbocycles. The topological polar surface area (TPSA) is 46.1 Å². The number of halogens is 3. The van der Waals surface area contributed by atoms with Gasteiger partial charge in [-0.25, -0.2) is 4.98 Å². The molecule has 0 atom stereocenters. The molecule has 0 bridgehead atoms. The Kier molecular flexibility index (Phi) is 4.50. The standard InChI is InChI=1S/C14H14F3N3OS/c1-8(2)12(21)20(3)13-10(14(15,16)17)19-11(22-13)9-5-4-6-18-7-9/h4-8H,1-3H3. The second-order valence-electron chi connectivity index (χ2n) is 4.96. The summed E-state index contributed by atoms with van der Waals surface area (Å²) in [6.45, 7) is 3.27. The van der Waals surface area contributed by atoms with E-state index in [2.05, 4.69) is 9.97 Å². The highest BCUT2D eigenvalue weighted by Gasteiger charge is 2.40. The van der Waals surface area contributed by atoms with Crippen molar-refractivity contribution in [3.63, 3.8) is 0 Å². The van der Waals surface area contributed by atoms with Crippen LogP contribution in [0.2, 0.25) is 0 Å². The molecule has 0 aliphatic rings. The van der Waals surface area contributed by atoms with Crippen molar-refractivity contribution in [2.24, 2.45) is 5.92 Å². The Bertz CT molecular complexity index is 668. The van der Waals surface area contributed by atoms with Gasteiger partial charge in [-0.15, -0.1) is 0 Å². The third kappa shape index (κ3) is 3.27. The van der Waals surface area contributed by atoms with Crippen molar-refractivity contribution < 1.29 is 18.0 Å². The molecule has 2 rings (SSSR count). The van der Waals surface area contributed by atoms with Crippen LogP contribution in [0.5, 0.6) is 0 Å². The number of aromatic nitrogens is 2. The predicted molar refractivity (Wildman–Crippen MR) is 78.6 cm³/mol. The minimum absolute atomic E-state index is 0.179. The van der Waals surface area contributed by atoms with Gasteiger partial charge < -0.3 is 4.90 Å². The summed E-state index contributed by atoms with van der Waals surface area (Å²) in [5.41, 5.74) is -0.567. The first-order valence-corrected chi connectivity index (χ1v) is 7.29. The molecule has 8 heteroatoms. The Morgan fingerprint density at radius 1 is 1.36 bits per heavy atom. The van der Waals surface area contributed by atoms with Crippen molar-refractivity contribution in [1.29, 1.82) is 0 Å². The Balaban J connectivity index is 2.53. The van der Waals surface area contributed by atoms with Crippen molar-refractivity contribution in [2.75, 3.05) is 11.9 Å². The molecule has 0 aliphatic heterocycles. The molecule has 2 aromatic rings. The maximum Gasteiger partial charge on any atom is 0.436 e. The fourth-order valence-corrected chi connectivity index (χ4v) is 2.87. The summed E-state index contributed by atoms with van der Waals surface area (Å²) in [5, 5.41) is -0.0242. The molecular weight excluding hydrogens is 315 g/mol. The van der Waals surface area contributed by atoms with Gasteiger partial charge in [-0.05, 0) is 12.1 Å². The zero-order valence-corrected chi connectivity index (χ0v) is 13.0. The van der Waals surface area contributed by atoms with Gasteiger partial charge in [0.15, 0.2) is 5.69 Å². The van der Waals surface area contributed by atoms with Gasteiger partial charge >= 0.3 is 6.18 Å². The number of rotatable bonds is 3. The van der Waals surface area contributed by atoms with E-state index in [9.17, 15) is 18.0 Å². The lowest BCUT2D eigenvalue weighted by molar-refractivity contribution is -0.140. The first-order valence-electron chi connectivity index (χ1n) is 6.47. The second-order valence-corrected chi connectivity index (χ2v) is 5.94. The summed E-state index contributed by atoms with van der Waals surface area (Å²) in [6.07, 6.45) is -1.66. The van der Waals surface area contributed by atoms with Crippen molar-refractivity contribution >= 4 is 22.2 Å². The highest BCUT2D eigenvalue weighted by molar-refractivity contribution is 7.19. The van der Waals surface area contributed by atoms with Gasteiger partial charge in [0.2, 0.25) is 5.91 Å². The molecule has 0 aromatic carbocycles. The fraction of sp³-hybridized carbons (Fsp3) is 0.357. The number of amides is 1. The van der Waals surface area contributed by atoms with Crippen LogP contribution in [-0.2, 0) is 11.0 Å². The largest absolute Gasteiger partial charge is 0.436 e. The van der Waals surface area contributed by atoms with Crippen LogP contribution in [0.15, 0.2) is 24.5 Å². The average molecular weight is 329 g/mol. The molecule has 0 fully saturated rings. The molecular formula is C14H14F3N3OS. The molecule has 118 valence electrons. The number of carbonyl (C=O) groups is 1. The molecule has 0 radical (unpaired) electrons. The molecule has 22 heavy (non-hydrogen) atoms. The minimum atomic E-state index is -4.63. The summed E-state index contributed by atoms with van der Waals surface area (Å²) in [6, 6.07) is 3.24. The third-order valence-corrected chi connectivity index (χ3v) is 4.10. The highest BCUT2D eigenvalue weighted by Crippen LogP contribution is 2.42. The van der Waals surface area contributed by atoms with Crippen LogP contribution in [-0.4, -0.2) is 22.9 Å². The lowest BCUT2D eigenvalue weighted by Crippen LogP contribution is -2.31. The molecule has 0 N–H and O–H groups in total. The van der Waals surface area contributed by atoms with E-state index >= 15 is 0 Å². The normalized spacial score (nSPS) is 11.8. The number of hydrogen-bond acceptors (Lipinski definition) is 4. The smallest absolute Gasteiger partial charge is 0.305 e. The van der Waals surface area contributed by atoms with Crippen LogP contribution in [0.4, 0.5) is 18.2 Å².